The quantitative estimate of drug-likeness (QED) is 0.427. The largest absolute Gasteiger partial charge is 0.512 e. The molecule has 1 aliphatic rings. The number of non-ortho nitro benzene ring substituents is 1. The van der Waals surface area contributed by atoms with E-state index < -0.39 is 40.1 Å². The van der Waals surface area contributed by atoms with Crippen LogP contribution in [0.3, 0.4) is 0 Å². The zero-order valence-corrected chi connectivity index (χ0v) is 15.9. The molecule has 0 bridgehead atoms. The van der Waals surface area contributed by atoms with Crippen LogP contribution in [0.4, 0.5) is 5.69 Å². The number of nitrogens with zero attached hydrogens (tertiary/aromatic N) is 1. The van der Waals surface area contributed by atoms with Crippen LogP contribution < -0.4 is 0 Å². The molecule has 0 radical (unpaired) electrons. The summed E-state index contributed by atoms with van der Waals surface area (Å²) in [4.78, 5) is 35.8. The summed E-state index contributed by atoms with van der Waals surface area (Å²) >= 11 is 0. The van der Waals surface area contributed by atoms with Crippen molar-refractivity contribution in [3.8, 4) is 0 Å². The third-order valence-electron chi connectivity index (χ3n) is 4.63. The molecule has 0 spiro atoms. The predicted molar refractivity (Wildman–Crippen MR) is 97.5 cm³/mol. The first-order valence-corrected chi connectivity index (χ1v) is 8.86. The van der Waals surface area contributed by atoms with E-state index in [9.17, 15) is 29.9 Å². The highest BCUT2D eigenvalue weighted by Gasteiger charge is 2.52. The van der Waals surface area contributed by atoms with Crippen LogP contribution in [-0.4, -0.2) is 45.9 Å². The van der Waals surface area contributed by atoms with Gasteiger partial charge in [0.15, 0.2) is 0 Å². The van der Waals surface area contributed by atoms with Crippen LogP contribution in [0.5, 0.6) is 0 Å². The fraction of sp³-hybridized carbons (Fsp3) is 0.474. The summed E-state index contributed by atoms with van der Waals surface area (Å²) in [5, 5.41) is 32.5. The lowest BCUT2D eigenvalue weighted by Gasteiger charge is -2.41. The maximum absolute atomic E-state index is 12.7. The van der Waals surface area contributed by atoms with Gasteiger partial charge >= 0.3 is 11.9 Å². The lowest BCUT2D eigenvalue weighted by Crippen LogP contribution is -2.49. The van der Waals surface area contributed by atoms with Gasteiger partial charge in [-0.05, 0) is 26.3 Å². The van der Waals surface area contributed by atoms with Gasteiger partial charge in [0, 0.05) is 24.5 Å². The first-order chi connectivity index (χ1) is 13.1. The highest BCUT2D eigenvalue weighted by atomic mass is 16.6. The molecular formula is C19H23NO8. The molecule has 152 valence electrons. The number of ether oxygens (including phenoxy) is 2. The van der Waals surface area contributed by atoms with Crippen molar-refractivity contribution in [3.63, 3.8) is 0 Å². The van der Waals surface area contributed by atoms with Crippen LogP contribution in [0.1, 0.15) is 38.7 Å². The number of hydrogen-bond donors (Lipinski definition) is 2. The fourth-order valence-electron chi connectivity index (χ4n) is 3.52. The molecule has 9 nitrogen and oxygen atoms in total. The lowest BCUT2D eigenvalue weighted by atomic mass is 9.66. The van der Waals surface area contributed by atoms with Crippen LogP contribution in [0.15, 0.2) is 35.6 Å². The maximum Gasteiger partial charge on any atom is 0.338 e. The summed E-state index contributed by atoms with van der Waals surface area (Å²) in [6.45, 7) is 4.59. The molecular weight excluding hydrogens is 370 g/mol. The number of esters is 2. The Labute approximate surface area is 161 Å². The van der Waals surface area contributed by atoms with Crippen LogP contribution in [0.25, 0.3) is 0 Å². The van der Waals surface area contributed by atoms with Gasteiger partial charge in [-0.2, -0.15) is 0 Å². The first kappa shape index (κ1) is 21.4. The van der Waals surface area contributed by atoms with Crippen LogP contribution in [-0.2, 0) is 19.1 Å². The van der Waals surface area contributed by atoms with E-state index in [4.69, 9.17) is 9.47 Å². The van der Waals surface area contributed by atoms with Gasteiger partial charge in [-0.15, -0.1) is 0 Å². The molecule has 0 saturated carbocycles. The molecule has 28 heavy (non-hydrogen) atoms. The smallest absolute Gasteiger partial charge is 0.338 e. The van der Waals surface area contributed by atoms with Gasteiger partial charge in [-0.3, -0.25) is 14.9 Å². The second-order valence-electron chi connectivity index (χ2n) is 6.67. The topological polar surface area (TPSA) is 136 Å². The van der Waals surface area contributed by atoms with Gasteiger partial charge in [0.05, 0.1) is 35.2 Å². The zero-order valence-electron chi connectivity index (χ0n) is 15.9. The zero-order chi connectivity index (χ0) is 21.1. The Hall–Kier alpha value is -2.94. The number of carbonyl (C=O) groups is 2. The Morgan fingerprint density at radius 3 is 2.50 bits per heavy atom. The van der Waals surface area contributed by atoms with Gasteiger partial charge in [0.2, 0.25) is 0 Å². The summed E-state index contributed by atoms with van der Waals surface area (Å²) in [5.41, 5.74) is -2.01. The second kappa shape index (κ2) is 8.39. The molecule has 0 amide bonds. The van der Waals surface area contributed by atoms with Crippen LogP contribution in [0, 0.1) is 16.0 Å². The Bertz CT molecular complexity index is 814. The van der Waals surface area contributed by atoms with Crippen molar-refractivity contribution in [2.75, 3.05) is 13.2 Å². The molecule has 1 aliphatic carbocycles. The second-order valence-corrected chi connectivity index (χ2v) is 6.67. The van der Waals surface area contributed by atoms with Crippen molar-refractivity contribution >= 4 is 17.6 Å². The average Bonchev–Trinajstić information content (AvgIpc) is 2.60. The molecule has 0 unspecified atom stereocenters. The molecule has 3 atom stereocenters. The summed E-state index contributed by atoms with van der Waals surface area (Å²) in [5.74, 6) is -4.52. The van der Waals surface area contributed by atoms with Crippen LogP contribution in [0.2, 0.25) is 0 Å². The Balaban J connectivity index is 2.72. The highest BCUT2D eigenvalue weighted by Crippen LogP contribution is 2.47. The molecule has 1 aromatic carbocycles. The number of aliphatic hydroxyl groups excluding tert-OH is 1. The molecule has 1 aromatic rings. The summed E-state index contributed by atoms with van der Waals surface area (Å²) in [6, 6.07) is 5.35. The SMILES string of the molecule is CCOC(=O)C1=C(O)C[C@@](C)(O)[C@@H](C(=O)OCC)[C@H]1c1cccc([N+](=O)[O-])c1. The number of benzene rings is 1. The van der Waals surface area contributed by atoms with E-state index in [0.29, 0.717) is 0 Å². The molecule has 0 aliphatic heterocycles. The van der Waals surface area contributed by atoms with E-state index in [-0.39, 0.29) is 36.5 Å². The maximum atomic E-state index is 12.7. The van der Waals surface area contributed by atoms with E-state index in [1.54, 1.807) is 13.8 Å². The van der Waals surface area contributed by atoms with Crippen molar-refractivity contribution in [2.24, 2.45) is 5.92 Å². The van der Waals surface area contributed by atoms with Crippen molar-refractivity contribution < 1.29 is 34.2 Å². The molecule has 2 N–H and O–H groups in total. The van der Waals surface area contributed by atoms with E-state index in [2.05, 4.69) is 0 Å². The summed E-state index contributed by atoms with van der Waals surface area (Å²) in [7, 11) is 0. The third kappa shape index (κ3) is 4.14. The summed E-state index contributed by atoms with van der Waals surface area (Å²) < 4.78 is 10.1. The lowest BCUT2D eigenvalue weighted by molar-refractivity contribution is -0.384. The molecule has 9 heteroatoms. The molecule has 2 rings (SSSR count). The summed E-state index contributed by atoms with van der Waals surface area (Å²) in [6.07, 6.45) is -0.365. The highest BCUT2D eigenvalue weighted by molar-refractivity contribution is 5.93. The average molecular weight is 393 g/mol. The Morgan fingerprint density at radius 1 is 1.29 bits per heavy atom. The van der Waals surface area contributed by atoms with Crippen molar-refractivity contribution in [1.82, 2.24) is 0 Å². The van der Waals surface area contributed by atoms with Crippen molar-refractivity contribution in [2.45, 2.75) is 38.7 Å². The Kier molecular flexibility index (Phi) is 6.40. The van der Waals surface area contributed by atoms with Gasteiger partial charge in [-0.25, -0.2) is 4.79 Å². The molecule has 0 fully saturated rings. The normalized spacial score (nSPS) is 24.6. The fourth-order valence-corrected chi connectivity index (χ4v) is 3.52. The van der Waals surface area contributed by atoms with Gasteiger partial charge < -0.3 is 19.7 Å². The number of hydrogen-bond acceptors (Lipinski definition) is 8. The number of rotatable bonds is 6. The van der Waals surface area contributed by atoms with E-state index in [1.807, 2.05) is 0 Å². The van der Waals surface area contributed by atoms with Crippen molar-refractivity contribution in [3.05, 3.63) is 51.3 Å². The standard InChI is InChI=1S/C19H23NO8/c1-4-27-17(22)15-13(21)10-19(3,24)16(18(23)28-5-2)14(15)11-7-6-8-12(9-11)20(25)26/h6-9,14,16,21,24H,4-5,10H2,1-3H3/t14-,16+,19+/m0/s1. The minimum atomic E-state index is -1.75. The van der Waals surface area contributed by atoms with Crippen LogP contribution >= 0.6 is 0 Å². The molecule has 0 heterocycles. The molecule has 0 saturated heterocycles. The minimum Gasteiger partial charge on any atom is -0.512 e. The predicted octanol–water partition coefficient (Wildman–Crippen LogP) is 2.39. The number of aliphatic hydroxyl groups is 2. The van der Waals surface area contributed by atoms with Gasteiger partial charge in [0.25, 0.3) is 5.69 Å². The van der Waals surface area contributed by atoms with E-state index >= 15 is 0 Å². The number of carbonyl (C=O) groups excluding carboxylic acids is 2. The van der Waals surface area contributed by atoms with E-state index in [0.717, 1.165) is 0 Å². The van der Waals surface area contributed by atoms with E-state index in [1.165, 1.54) is 31.2 Å². The Morgan fingerprint density at radius 2 is 1.93 bits per heavy atom. The molecule has 0 aromatic heterocycles. The number of nitro benzene ring substituents is 1. The minimum absolute atomic E-state index is 0.0255. The third-order valence-corrected chi connectivity index (χ3v) is 4.63. The first-order valence-electron chi connectivity index (χ1n) is 8.86. The number of nitro groups is 1. The van der Waals surface area contributed by atoms with Gasteiger partial charge in [-0.1, -0.05) is 12.1 Å². The van der Waals surface area contributed by atoms with Gasteiger partial charge in [0.1, 0.15) is 5.76 Å². The van der Waals surface area contributed by atoms with Crippen molar-refractivity contribution in [1.29, 1.82) is 0 Å². The monoisotopic (exact) mass is 393 g/mol.